The van der Waals surface area contributed by atoms with E-state index in [1.807, 2.05) is 13.8 Å². The van der Waals surface area contributed by atoms with Crippen LogP contribution >= 0.6 is 0 Å². The zero-order valence-electron chi connectivity index (χ0n) is 11.1. The van der Waals surface area contributed by atoms with Crippen LogP contribution in [0.2, 0.25) is 0 Å². The number of ether oxygens (including phenoxy) is 1. The molecule has 0 aliphatic rings. The molecule has 1 aromatic rings. The highest BCUT2D eigenvalue weighted by molar-refractivity contribution is 5.95. The van der Waals surface area contributed by atoms with Crippen LogP contribution in [0.3, 0.4) is 0 Å². The van der Waals surface area contributed by atoms with E-state index in [-0.39, 0.29) is 5.91 Å². The van der Waals surface area contributed by atoms with Gasteiger partial charge in [0.1, 0.15) is 11.3 Å². The Hall–Kier alpha value is -1.95. The lowest BCUT2D eigenvalue weighted by molar-refractivity contribution is 0.0916. The fraction of sp³-hybridized carbons (Fsp3) is 0.400. The van der Waals surface area contributed by atoms with Crippen LogP contribution in [0.4, 0.5) is 0 Å². The molecule has 0 heterocycles. The Morgan fingerprint density at radius 1 is 1.33 bits per heavy atom. The molecule has 0 unspecified atom stereocenters. The van der Waals surface area contributed by atoms with Gasteiger partial charge >= 0.3 is 0 Å². The number of methoxy groups -OCH3 is 1. The summed E-state index contributed by atoms with van der Waals surface area (Å²) in [5.41, 5.74) is 0.0223. The summed E-state index contributed by atoms with van der Waals surface area (Å²) in [6.45, 7) is 3.94. The Bertz CT molecular complexity index is 439. The third kappa shape index (κ3) is 3.04. The van der Waals surface area contributed by atoms with Gasteiger partial charge in [-0.2, -0.15) is 0 Å². The van der Waals surface area contributed by atoms with E-state index in [0.717, 1.165) is 5.75 Å². The Morgan fingerprint density at radius 2 is 1.89 bits per heavy atom. The van der Waals surface area contributed by atoms with Crippen molar-refractivity contribution in [3.63, 3.8) is 0 Å². The number of terminal acetylenes is 1. The van der Waals surface area contributed by atoms with Crippen molar-refractivity contribution in [3.8, 4) is 18.1 Å². The minimum atomic E-state index is -0.559. The number of nitrogens with one attached hydrogen (secondary N) is 1. The summed E-state index contributed by atoms with van der Waals surface area (Å²) < 4.78 is 5.05. The van der Waals surface area contributed by atoms with Crippen molar-refractivity contribution in [2.75, 3.05) is 7.11 Å². The van der Waals surface area contributed by atoms with Gasteiger partial charge in [-0.25, -0.2) is 0 Å². The molecular formula is C15H19NO2. The first-order valence-corrected chi connectivity index (χ1v) is 6.05. The molecule has 0 saturated heterocycles. The second kappa shape index (κ2) is 6.11. The van der Waals surface area contributed by atoms with Crippen molar-refractivity contribution in [1.29, 1.82) is 0 Å². The van der Waals surface area contributed by atoms with E-state index in [0.29, 0.717) is 18.4 Å². The highest BCUT2D eigenvalue weighted by Gasteiger charge is 2.25. The molecule has 0 aliphatic carbocycles. The minimum Gasteiger partial charge on any atom is -0.497 e. The second-order valence-corrected chi connectivity index (χ2v) is 4.12. The molecule has 0 aromatic heterocycles. The lowest BCUT2D eigenvalue weighted by Gasteiger charge is -2.27. The molecule has 1 rings (SSSR count). The number of amides is 1. The van der Waals surface area contributed by atoms with Gasteiger partial charge in [0.05, 0.1) is 7.11 Å². The molecule has 0 atom stereocenters. The fourth-order valence-corrected chi connectivity index (χ4v) is 1.70. The first-order valence-electron chi connectivity index (χ1n) is 6.05. The van der Waals surface area contributed by atoms with Gasteiger partial charge in [0, 0.05) is 5.56 Å². The van der Waals surface area contributed by atoms with Crippen molar-refractivity contribution in [1.82, 2.24) is 5.32 Å². The van der Waals surface area contributed by atoms with Crippen molar-refractivity contribution in [2.24, 2.45) is 0 Å². The van der Waals surface area contributed by atoms with Crippen molar-refractivity contribution in [3.05, 3.63) is 29.8 Å². The zero-order valence-corrected chi connectivity index (χ0v) is 11.1. The molecular weight excluding hydrogens is 226 g/mol. The zero-order chi connectivity index (χ0) is 13.6. The van der Waals surface area contributed by atoms with Crippen LogP contribution < -0.4 is 10.1 Å². The Kier molecular flexibility index (Phi) is 4.79. The average Bonchev–Trinajstić information content (AvgIpc) is 2.45. The van der Waals surface area contributed by atoms with Crippen LogP contribution in [0, 0.1) is 12.3 Å². The number of benzene rings is 1. The van der Waals surface area contributed by atoms with E-state index in [9.17, 15) is 4.79 Å². The fourth-order valence-electron chi connectivity index (χ4n) is 1.70. The van der Waals surface area contributed by atoms with Crippen LogP contribution in [0.25, 0.3) is 0 Å². The number of rotatable bonds is 5. The third-order valence-electron chi connectivity index (χ3n) is 3.19. The molecule has 0 fully saturated rings. The maximum Gasteiger partial charge on any atom is 0.252 e. The minimum absolute atomic E-state index is 0.153. The van der Waals surface area contributed by atoms with Crippen LogP contribution in [0.1, 0.15) is 37.0 Å². The molecule has 0 bridgehead atoms. The average molecular weight is 245 g/mol. The molecule has 0 saturated carbocycles. The first-order chi connectivity index (χ1) is 8.60. The van der Waals surface area contributed by atoms with E-state index in [2.05, 4.69) is 11.2 Å². The van der Waals surface area contributed by atoms with Gasteiger partial charge in [0.2, 0.25) is 0 Å². The predicted octanol–water partition coefficient (Wildman–Crippen LogP) is 2.62. The maximum atomic E-state index is 12.1. The summed E-state index contributed by atoms with van der Waals surface area (Å²) in [6.07, 6.45) is 6.94. The van der Waals surface area contributed by atoms with Crippen LogP contribution in [-0.2, 0) is 0 Å². The van der Waals surface area contributed by atoms with Gasteiger partial charge in [0.15, 0.2) is 0 Å². The van der Waals surface area contributed by atoms with Gasteiger partial charge in [0.25, 0.3) is 5.91 Å². The SMILES string of the molecule is C#CC(CC)(CC)NC(=O)c1ccc(OC)cc1. The molecule has 1 amide bonds. The Labute approximate surface area is 109 Å². The molecule has 0 spiro atoms. The van der Waals surface area contributed by atoms with Gasteiger partial charge in [-0.3, -0.25) is 4.79 Å². The normalized spacial score (nSPS) is 10.6. The highest BCUT2D eigenvalue weighted by atomic mass is 16.5. The Balaban J connectivity index is 2.84. The van der Waals surface area contributed by atoms with E-state index >= 15 is 0 Å². The number of hydrogen-bond donors (Lipinski definition) is 1. The molecule has 0 aliphatic heterocycles. The molecule has 3 nitrogen and oxygen atoms in total. The van der Waals surface area contributed by atoms with Gasteiger partial charge < -0.3 is 10.1 Å². The summed E-state index contributed by atoms with van der Waals surface area (Å²) in [6, 6.07) is 6.95. The number of carbonyl (C=O) groups is 1. The molecule has 1 N–H and O–H groups in total. The predicted molar refractivity (Wildman–Crippen MR) is 72.6 cm³/mol. The van der Waals surface area contributed by atoms with Crippen LogP contribution in [0.5, 0.6) is 5.75 Å². The van der Waals surface area contributed by atoms with E-state index in [4.69, 9.17) is 11.2 Å². The molecule has 96 valence electrons. The van der Waals surface area contributed by atoms with Gasteiger partial charge in [-0.05, 0) is 37.1 Å². The lowest BCUT2D eigenvalue weighted by Crippen LogP contribution is -2.46. The maximum absolute atomic E-state index is 12.1. The summed E-state index contributed by atoms with van der Waals surface area (Å²) >= 11 is 0. The molecule has 0 radical (unpaired) electrons. The summed E-state index contributed by atoms with van der Waals surface area (Å²) in [4.78, 5) is 12.1. The van der Waals surface area contributed by atoms with Crippen molar-refractivity contribution in [2.45, 2.75) is 32.2 Å². The summed E-state index contributed by atoms with van der Waals surface area (Å²) in [5.74, 6) is 3.25. The largest absolute Gasteiger partial charge is 0.497 e. The van der Waals surface area contributed by atoms with Crippen molar-refractivity contribution < 1.29 is 9.53 Å². The molecule has 18 heavy (non-hydrogen) atoms. The van der Waals surface area contributed by atoms with Gasteiger partial charge in [-0.1, -0.05) is 19.8 Å². The third-order valence-corrected chi connectivity index (χ3v) is 3.19. The molecule has 1 aromatic carbocycles. The summed E-state index contributed by atoms with van der Waals surface area (Å²) in [7, 11) is 1.59. The van der Waals surface area contributed by atoms with E-state index in [1.54, 1.807) is 31.4 Å². The van der Waals surface area contributed by atoms with Crippen LogP contribution in [-0.4, -0.2) is 18.6 Å². The quantitative estimate of drug-likeness (QED) is 0.810. The van der Waals surface area contributed by atoms with Crippen LogP contribution in [0.15, 0.2) is 24.3 Å². The topological polar surface area (TPSA) is 38.3 Å². The van der Waals surface area contributed by atoms with E-state index in [1.165, 1.54) is 0 Å². The first kappa shape index (κ1) is 14.1. The smallest absolute Gasteiger partial charge is 0.252 e. The monoisotopic (exact) mass is 245 g/mol. The highest BCUT2D eigenvalue weighted by Crippen LogP contribution is 2.16. The van der Waals surface area contributed by atoms with Gasteiger partial charge in [-0.15, -0.1) is 6.42 Å². The number of hydrogen-bond acceptors (Lipinski definition) is 2. The van der Waals surface area contributed by atoms with Crippen molar-refractivity contribution >= 4 is 5.91 Å². The Morgan fingerprint density at radius 3 is 2.28 bits per heavy atom. The van der Waals surface area contributed by atoms with E-state index < -0.39 is 5.54 Å². The standard InChI is InChI=1S/C15H19NO2/c1-5-15(6-2,7-3)16-14(17)12-8-10-13(18-4)11-9-12/h1,8-11H,6-7H2,2-4H3,(H,16,17). The number of carbonyl (C=O) groups excluding carboxylic acids is 1. The second-order valence-electron chi connectivity index (χ2n) is 4.12. The lowest BCUT2D eigenvalue weighted by atomic mass is 9.93. The summed E-state index contributed by atoms with van der Waals surface area (Å²) in [5, 5.41) is 2.92. The molecule has 3 heteroatoms.